The molecule has 1 saturated carbocycles. The van der Waals surface area contributed by atoms with Gasteiger partial charge in [0.1, 0.15) is 11.5 Å². The quantitative estimate of drug-likeness (QED) is 0.688. The van der Waals surface area contributed by atoms with Gasteiger partial charge in [0.25, 0.3) is 0 Å². The molecule has 0 radical (unpaired) electrons. The van der Waals surface area contributed by atoms with Gasteiger partial charge in [0.15, 0.2) is 0 Å². The third kappa shape index (κ3) is 4.62. The minimum Gasteiger partial charge on any atom is -0.480 e. The number of hydrogen-bond acceptors (Lipinski definition) is 4. The minimum absolute atomic E-state index is 0.000502. The summed E-state index contributed by atoms with van der Waals surface area (Å²) >= 11 is 0. The van der Waals surface area contributed by atoms with Gasteiger partial charge < -0.3 is 15.7 Å². The van der Waals surface area contributed by atoms with E-state index in [1.165, 1.54) is 23.1 Å². The second-order valence-electron chi connectivity index (χ2n) is 6.50. The Morgan fingerprint density at radius 2 is 2.11 bits per heavy atom. The summed E-state index contributed by atoms with van der Waals surface area (Å²) in [6.45, 7) is 2.59. The average molecular weight is 375 g/mol. The summed E-state index contributed by atoms with van der Waals surface area (Å²) in [7, 11) is 0. The summed E-state index contributed by atoms with van der Waals surface area (Å²) in [6, 6.07) is 6.03. The van der Waals surface area contributed by atoms with E-state index in [1.807, 2.05) is 11.8 Å². The number of rotatable bonds is 7. The Morgan fingerprint density at radius 1 is 1.37 bits per heavy atom. The molecule has 1 aliphatic rings. The average Bonchev–Trinajstić information content (AvgIpc) is 3.04. The van der Waals surface area contributed by atoms with Crippen LogP contribution in [-0.2, 0) is 4.79 Å². The highest BCUT2D eigenvalue weighted by atomic mass is 19.1. The van der Waals surface area contributed by atoms with E-state index in [9.17, 15) is 14.0 Å². The van der Waals surface area contributed by atoms with Crippen molar-refractivity contribution in [2.75, 3.05) is 18.4 Å². The zero-order valence-corrected chi connectivity index (χ0v) is 14.9. The lowest BCUT2D eigenvalue weighted by Gasteiger charge is -2.42. The Labute approximate surface area is 156 Å². The first-order valence-corrected chi connectivity index (χ1v) is 8.79. The van der Waals surface area contributed by atoms with Gasteiger partial charge in [-0.1, -0.05) is 19.1 Å². The third-order valence-corrected chi connectivity index (χ3v) is 4.65. The number of urea groups is 1. The molecule has 9 heteroatoms. The molecule has 27 heavy (non-hydrogen) atoms. The molecule has 1 aromatic carbocycles. The van der Waals surface area contributed by atoms with Crippen LogP contribution in [0.25, 0.3) is 5.69 Å². The first-order valence-electron chi connectivity index (χ1n) is 8.79. The number of nitrogens with one attached hydrogen (secondary N) is 2. The second-order valence-corrected chi connectivity index (χ2v) is 6.50. The van der Waals surface area contributed by atoms with Gasteiger partial charge in [-0.3, -0.25) is 9.69 Å². The Morgan fingerprint density at radius 3 is 2.78 bits per heavy atom. The molecular weight excluding hydrogens is 353 g/mol. The van der Waals surface area contributed by atoms with Crippen LogP contribution >= 0.6 is 0 Å². The van der Waals surface area contributed by atoms with Crippen molar-refractivity contribution in [2.24, 2.45) is 0 Å². The number of hydrogen-bond donors (Lipinski definition) is 3. The summed E-state index contributed by atoms with van der Waals surface area (Å²) in [5.41, 5.74) is 0.749. The van der Waals surface area contributed by atoms with E-state index < -0.39 is 11.8 Å². The number of para-hydroxylation sites is 1. The number of amides is 2. The maximum atomic E-state index is 13.8. The second kappa shape index (κ2) is 8.17. The van der Waals surface area contributed by atoms with Gasteiger partial charge in [-0.2, -0.15) is 5.10 Å². The van der Waals surface area contributed by atoms with Crippen LogP contribution in [0.3, 0.4) is 0 Å². The van der Waals surface area contributed by atoms with Crippen LogP contribution in [0.5, 0.6) is 0 Å². The molecule has 144 valence electrons. The number of anilines is 1. The van der Waals surface area contributed by atoms with E-state index in [0.29, 0.717) is 30.8 Å². The molecular formula is C18H22FN5O3. The Kier molecular flexibility index (Phi) is 5.70. The molecule has 3 rings (SSSR count). The van der Waals surface area contributed by atoms with Crippen LogP contribution in [0.1, 0.15) is 19.8 Å². The van der Waals surface area contributed by atoms with E-state index in [2.05, 4.69) is 15.7 Å². The number of likely N-dealkylation sites (N-methyl/N-ethyl adjacent to an activating group) is 1. The summed E-state index contributed by atoms with van der Waals surface area (Å²) in [4.78, 5) is 24.8. The number of carbonyl (C=O) groups excluding carboxylic acids is 1. The number of carboxylic acid groups (broad SMARTS) is 1. The molecule has 8 nitrogen and oxygen atoms in total. The van der Waals surface area contributed by atoms with E-state index >= 15 is 0 Å². The van der Waals surface area contributed by atoms with Crippen molar-refractivity contribution in [2.45, 2.75) is 31.8 Å². The number of aliphatic carboxylic acids is 1. The van der Waals surface area contributed by atoms with Crippen molar-refractivity contribution in [1.82, 2.24) is 20.0 Å². The molecule has 0 unspecified atom stereocenters. The molecule has 2 aromatic rings. The van der Waals surface area contributed by atoms with Crippen LogP contribution in [0, 0.1) is 5.82 Å². The van der Waals surface area contributed by atoms with Crippen molar-refractivity contribution >= 4 is 17.7 Å². The fourth-order valence-corrected chi connectivity index (χ4v) is 3.19. The van der Waals surface area contributed by atoms with Crippen molar-refractivity contribution in [3.63, 3.8) is 0 Å². The van der Waals surface area contributed by atoms with Gasteiger partial charge in [0.2, 0.25) is 0 Å². The lowest BCUT2D eigenvalue weighted by molar-refractivity contribution is -0.139. The number of nitrogens with zero attached hydrogens (tertiary/aromatic N) is 3. The SMILES string of the molecule is CCN(CC(=O)O)C1CC(NC(=O)Nc2cnn(-c3ccccc3F)c2)C1. The van der Waals surface area contributed by atoms with Gasteiger partial charge >= 0.3 is 12.0 Å². The Balaban J connectivity index is 1.49. The maximum Gasteiger partial charge on any atom is 0.319 e. The van der Waals surface area contributed by atoms with E-state index in [4.69, 9.17) is 5.11 Å². The van der Waals surface area contributed by atoms with Crippen molar-refractivity contribution < 1.29 is 19.1 Å². The molecule has 2 amide bonds. The van der Waals surface area contributed by atoms with Crippen LogP contribution < -0.4 is 10.6 Å². The first kappa shape index (κ1) is 18.8. The summed E-state index contributed by atoms with van der Waals surface area (Å²) < 4.78 is 15.1. The predicted molar refractivity (Wildman–Crippen MR) is 97.4 cm³/mol. The maximum absolute atomic E-state index is 13.8. The lowest BCUT2D eigenvalue weighted by Crippen LogP contribution is -2.55. The normalized spacial score (nSPS) is 18.8. The van der Waals surface area contributed by atoms with Gasteiger partial charge in [-0.15, -0.1) is 0 Å². The lowest BCUT2D eigenvalue weighted by atomic mass is 9.85. The third-order valence-electron chi connectivity index (χ3n) is 4.65. The largest absolute Gasteiger partial charge is 0.480 e. The van der Waals surface area contributed by atoms with Crippen molar-refractivity contribution in [1.29, 1.82) is 0 Å². The topological polar surface area (TPSA) is 99.5 Å². The van der Waals surface area contributed by atoms with Gasteiger partial charge in [0.05, 0.1) is 24.6 Å². The molecule has 0 aliphatic heterocycles. The Hall–Kier alpha value is -2.94. The van der Waals surface area contributed by atoms with Gasteiger partial charge in [0, 0.05) is 12.1 Å². The smallest absolute Gasteiger partial charge is 0.319 e. The number of carboxylic acids is 1. The van der Waals surface area contributed by atoms with Crippen LogP contribution in [0.2, 0.25) is 0 Å². The molecule has 0 spiro atoms. The molecule has 0 bridgehead atoms. The molecule has 1 fully saturated rings. The Bertz CT molecular complexity index is 819. The van der Waals surface area contributed by atoms with Gasteiger partial charge in [-0.05, 0) is 31.5 Å². The summed E-state index contributed by atoms with van der Waals surface area (Å²) in [5.74, 6) is -1.25. The summed E-state index contributed by atoms with van der Waals surface area (Å²) in [6.07, 6.45) is 4.40. The predicted octanol–water partition coefficient (Wildman–Crippen LogP) is 2.07. The highest BCUT2D eigenvalue weighted by molar-refractivity contribution is 5.89. The van der Waals surface area contributed by atoms with Crippen LogP contribution in [0.4, 0.5) is 14.9 Å². The van der Waals surface area contributed by atoms with Crippen molar-refractivity contribution in [3.8, 4) is 5.69 Å². The highest BCUT2D eigenvalue weighted by Crippen LogP contribution is 2.25. The fraction of sp³-hybridized carbons (Fsp3) is 0.389. The van der Waals surface area contributed by atoms with Crippen LogP contribution in [-0.4, -0.2) is 57.0 Å². The molecule has 0 saturated heterocycles. The minimum atomic E-state index is -0.849. The number of aromatic nitrogens is 2. The number of carbonyl (C=O) groups is 2. The van der Waals surface area contributed by atoms with E-state index in [-0.39, 0.29) is 24.7 Å². The van der Waals surface area contributed by atoms with Crippen LogP contribution in [0.15, 0.2) is 36.7 Å². The first-order chi connectivity index (χ1) is 13.0. The molecule has 1 heterocycles. The number of halogens is 1. The fourth-order valence-electron chi connectivity index (χ4n) is 3.19. The molecule has 3 N–H and O–H groups in total. The van der Waals surface area contributed by atoms with E-state index in [1.54, 1.807) is 18.2 Å². The highest BCUT2D eigenvalue weighted by Gasteiger charge is 2.34. The standard InChI is InChI=1S/C18H22FN5O3/c1-2-23(11-17(25)26)14-7-12(8-14)21-18(27)22-13-9-20-24(10-13)16-6-4-3-5-15(16)19/h3-6,9-10,12,14H,2,7-8,11H2,1H3,(H,25,26)(H2,21,22,27). The zero-order valence-electron chi connectivity index (χ0n) is 14.9. The van der Waals surface area contributed by atoms with E-state index in [0.717, 1.165) is 0 Å². The molecule has 1 aliphatic carbocycles. The monoisotopic (exact) mass is 375 g/mol. The number of benzene rings is 1. The molecule has 1 aromatic heterocycles. The van der Waals surface area contributed by atoms with Gasteiger partial charge in [-0.25, -0.2) is 13.9 Å². The summed E-state index contributed by atoms with van der Waals surface area (Å²) in [5, 5.41) is 18.5. The van der Waals surface area contributed by atoms with Crippen molar-refractivity contribution in [3.05, 3.63) is 42.5 Å². The zero-order chi connectivity index (χ0) is 19.4. The molecule has 0 atom stereocenters.